The summed E-state index contributed by atoms with van der Waals surface area (Å²) in [6, 6.07) is 0.507. The van der Waals surface area contributed by atoms with E-state index >= 15 is 0 Å². The monoisotopic (exact) mass is 113 g/mol. The molecule has 0 aromatic rings. The van der Waals surface area contributed by atoms with Gasteiger partial charge >= 0.3 is 0 Å². The fourth-order valence-corrected chi connectivity index (χ4v) is 0.874. The molecule has 1 aliphatic rings. The van der Waals surface area contributed by atoms with E-state index in [1.165, 1.54) is 6.42 Å². The summed E-state index contributed by atoms with van der Waals surface area (Å²) in [4.78, 5) is 1.88. The highest BCUT2D eigenvalue weighted by Crippen LogP contribution is 2.13. The molecule has 1 aliphatic heterocycles. The first-order chi connectivity index (χ1) is 3.72. The quantitative estimate of drug-likeness (QED) is 0.342. The molecule has 0 aliphatic carbocycles. The van der Waals surface area contributed by atoms with E-state index in [2.05, 4.69) is 6.92 Å². The Morgan fingerprint density at radius 2 is 2.50 bits per heavy atom. The number of hydrogen-bond acceptors (Lipinski definition) is 1. The molecule has 1 atom stereocenters. The van der Waals surface area contributed by atoms with Crippen LogP contribution in [0.5, 0.6) is 0 Å². The first kappa shape index (κ1) is 5.41. The van der Waals surface area contributed by atoms with Crippen LogP contribution in [-0.4, -0.2) is 23.4 Å². The Morgan fingerprint density at radius 3 is 2.50 bits per heavy atom. The standard InChI is InChI=1S/C5H11N3/c1-4-2-3-8(4)5(6)7/h4H,2-3H2,1H3,(H3,6,7)/t4-/m1/s1. The van der Waals surface area contributed by atoms with Crippen molar-refractivity contribution >= 4 is 5.96 Å². The van der Waals surface area contributed by atoms with Gasteiger partial charge in [0.2, 0.25) is 0 Å². The molecule has 0 bridgehead atoms. The predicted molar refractivity (Wildman–Crippen MR) is 32.7 cm³/mol. The van der Waals surface area contributed by atoms with E-state index in [0.29, 0.717) is 6.04 Å². The van der Waals surface area contributed by atoms with Gasteiger partial charge in [0.1, 0.15) is 0 Å². The molecular weight excluding hydrogens is 102 g/mol. The fourth-order valence-electron chi connectivity index (χ4n) is 0.874. The van der Waals surface area contributed by atoms with Crippen LogP contribution in [0.3, 0.4) is 0 Å². The van der Waals surface area contributed by atoms with Crippen molar-refractivity contribution in [3.05, 3.63) is 0 Å². The summed E-state index contributed by atoms with van der Waals surface area (Å²) >= 11 is 0. The van der Waals surface area contributed by atoms with E-state index in [4.69, 9.17) is 11.1 Å². The maximum Gasteiger partial charge on any atom is 0.188 e. The third kappa shape index (κ3) is 0.638. The molecule has 8 heavy (non-hydrogen) atoms. The maximum atomic E-state index is 6.99. The lowest BCUT2D eigenvalue weighted by atomic mass is 10.1. The van der Waals surface area contributed by atoms with Crippen molar-refractivity contribution in [3.8, 4) is 0 Å². The summed E-state index contributed by atoms with van der Waals surface area (Å²) in [7, 11) is 0. The van der Waals surface area contributed by atoms with Crippen LogP contribution in [0.15, 0.2) is 0 Å². The Balaban J connectivity index is 2.37. The number of guanidine groups is 1. The van der Waals surface area contributed by atoms with Gasteiger partial charge in [-0.25, -0.2) is 0 Å². The van der Waals surface area contributed by atoms with Gasteiger partial charge in [-0.05, 0) is 13.3 Å². The summed E-state index contributed by atoms with van der Waals surface area (Å²) in [6.45, 7) is 3.04. The van der Waals surface area contributed by atoms with Crippen molar-refractivity contribution in [1.82, 2.24) is 4.90 Å². The average molecular weight is 113 g/mol. The molecule has 0 spiro atoms. The first-order valence-electron chi connectivity index (χ1n) is 2.82. The summed E-state index contributed by atoms with van der Waals surface area (Å²) in [5, 5.41) is 6.99. The summed E-state index contributed by atoms with van der Waals surface area (Å²) in [5.41, 5.74) is 5.20. The molecule has 0 aromatic heterocycles. The lowest BCUT2D eigenvalue weighted by Gasteiger charge is -2.38. The van der Waals surface area contributed by atoms with E-state index in [1.54, 1.807) is 0 Å². The van der Waals surface area contributed by atoms with Gasteiger partial charge in [-0.1, -0.05) is 0 Å². The summed E-state index contributed by atoms with van der Waals surface area (Å²) in [5.74, 6) is 0.212. The Bertz CT molecular complexity index is 110. The van der Waals surface area contributed by atoms with Crippen molar-refractivity contribution < 1.29 is 0 Å². The van der Waals surface area contributed by atoms with Crippen LogP contribution in [0.1, 0.15) is 13.3 Å². The number of nitrogens with one attached hydrogen (secondary N) is 1. The van der Waals surface area contributed by atoms with Gasteiger partial charge in [0.25, 0.3) is 0 Å². The van der Waals surface area contributed by atoms with Crippen LogP contribution in [-0.2, 0) is 0 Å². The number of likely N-dealkylation sites (tertiary alicyclic amines) is 1. The molecule has 1 saturated heterocycles. The van der Waals surface area contributed by atoms with Gasteiger partial charge in [0.15, 0.2) is 5.96 Å². The topological polar surface area (TPSA) is 53.1 Å². The molecule has 0 amide bonds. The Morgan fingerprint density at radius 1 is 1.88 bits per heavy atom. The molecule has 3 heteroatoms. The van der Waals surface area contributed by atoms with E-state index in [0.717, 1.165) is 6.54 Å². The lowest BCUT2D eigenvalue weighted by molar-refractivity contribution is 0.199. The highest BCUT2D eigenvalue weighted by molar-refractivity contribution is 5.75. The van der Waals surface area contributed by atoms with Gasteiger partial charge < -0.3 is 10.6 Å². The lowest BCUT2D eigenvalue weighted by Crippen LogP contribution is -2.52. The van der Waals surface area contributed by atoms with Gasteiger partial charge in [-0.15, -0.1) is 0 Å². The minimum Gasteiger partial charge on any atom is -0.370 e. The second kappa shape index (κ2) is 1.65. The van der Waals surface area contributed by atoms with Crippen molar-refractivity contribution in [2.45, 2.75) is 19.4 Å². The van der Waals surface area contributed by atoms with E-state index in [-0.39, 0.29) is 5.96 Å². The van der Waals surface area contributed by atoms with Crippen molar-refractivity contribution in [2.24, 2.45) is 5.73 Å². The number of rotatable bonds is 0. The zero-order valence-electron chi connectivity index (χ0n) is 5.02. The zero-order valence-corrected chi connectivity index (χ0v) is 5.02. The molecule has 0 radical (unpaired) electrons. The Hall–Kier alpha value is -0.730. The van der Waals surface area contributed by atoms with Crippen LogP contribution < -0.4 is 5.73 Å². The Kier molecular flexibility index (Phi) is 1.12. The fraction of sp³-hybridized carbons (Fsp3) is 0.800. The number of nitrogens with two attached hydrogens (primary N) is 1. The molecule has 1 fully saturated rings. The van der Waals surface area contributed by atoms with Crippen LogP contribution in [0.25, 0.3) is 0 Å². The molecule has 0 aromatic carbocycles. The van der Waals surface area contributed by atoms with Gasteiger partial charge in [-0.3, -0.25) is 5.41 Å². The first-order valence-corrected chi connectivity index (χ1v) is 2.82. The Labute approximate surface area is 49.0 Å². The highest BCUT2D eigenvalue weighted by Gasteiger charge is 2.23. The molecule has 46 valence electrons. The van der Waals surface area contributed by atoms with Gasteiger partial charge in [-0.2, -0.15) is 0 Å². The second-order valence-corrected chi connectivity index (χ2v) is 2.22. The SMILES string of the molecule is C[C@@H]1CCN1C(=N)N. The third-order valence-electron chi connectivity index (χ3n) is 1.63. The minimum atomic E-state index is 0.212. The number of nitrogens with zero attached hydrogens (tertiary/aromatic N) is 1. The van der Waals surface area contributed by atoms with Crippen molar-refractivity contribution in [2.75, 3.05) is 6.54 Å². The van der Waals surface area contributed by atoms with E-state index < -0.39 is 0 Å². The van der Waals surface area contributed by atoms with Gasteiger partial charge in [0.05, 0.1) is 0 Å². The summed E-state index contributed by atoms with van der Waals surface area (Å²) in [6.07, 6.45) is 1.18. The van der Waals surface area contributed by atoms with Crippen molar-refractivity contribution in [1.29, 1.82) is 5.41 Å². The normalized spacial score (nSPS) is 27.1. The van der Waals surface area contributed by atoms with E-state index in [1.807, 2.05) is 4.90 Å². The molecule has 3 N–H and O–H groups in total. The number of hydrogen-bond donors (Lipinski definition) is 2. The second-order valence-electron chi connectivity index (χ2n) is 2.22. The van der Waals surface area contributed by atoms with Crippen molar-refractivity contribution in [3.63, 3.8) is 0 Å². The predicted octanol–water partition coefficient (Wildman–Crippen LogP) is -0.0259. The van der Waals surface area contributed by atoms with Crippen LogP contribution in [0.4, 0.5) is 0 Å². The minimum absolute atomic E-state index is 0.212. The molecule has 1 rings (SSSR count). The molecular formula is C5H11N3. The largest absolute Gasteiger partial charge is 0.370 e. The molecule has 0 unspecified atom stereocenters. The van der Waals surface area contributed by atoms with Crippen LogP contribution in [0, 0.1) is 5.41 Å². The zero-order chi connectivity index (χ0) is 6.15. The van der Waals surface area contributed by atoms with Crippen LogP contribution in [0.2, 0.25) is 0 Å². The average Bonchev–Trinajstić information content (AvgIpc) is 1.61. The third-order valence-corrected chi connectivity index (χ3v) is 1.63. The molecule has 1 heterocycles. The molecule has 3 nitrogen and oxygen atoms in total. The smallest absolute Gasteiger partial charge is 0.188 e. The van der Waals surface area contributed by atoms with Gasteiger partial charge in [0, 0.05) is 12.6 Å². The highest BCUT2D eigenvalue weighted by atomic mass is 15.3. The van der Waals surface area contributed by atoms with E-state index in [9.17, 15) is 0 Å². The summed E-state index contributed by atoms with van der Waals surface area (Å²) < 4.78 is 0. The maximum absolute atomic E-state index is 6.99. The van der Waals surface area contributed by atoms with Crippen LogP contribution >= 0.6 is 0 Å². The molecule has 0 saturated carbocycles.